The van der Waals surface area contributed by atoms with Crippen LogP contribution in [0.1, 0.15) is 38.2 Å². The van der Waals surface area contributed by atoms with Crippen molar-refractivity contribution in [2.45, 2.75) is 45.3 Å². The molecule has 1 N–H and O–H groups in total. The van der Waals surface area contributed by atoms with Crippen LogP contribution in [0.25, 0.3) is 11.2 Å². The lowest BCUT2D eigenvalue weighted by Crippen LogP contribution is -2.15. The van der Waals surface area contributed by atoms with Crippen LogP contribution in [0.4, 0.5) is 0 Å². The van der Waals surface area contributed by atoms with Crippen LogP contribution >= 0.6 is 12.4 Å². The van der Waals surface area contributed by atoms with Crippen LogP contribution in [-0.4, -0.2) is 39.3 Å². The third kappa shape index (κ3) is 4.14. The predicted molar refractivity (Wildman–Crippen MR) is 110 cm³/mol. The Kier molecular flexibility index (Phi) is 6.57. The van der Waals surface area contributed by atoms with Gasteiger partial charge in [-0.3, -0.25) is 4.99 Å². The van der Waals surface area contributed by atoms with Gasteiger partial charge in [-0.1, -0.05) is 6.07 Å². The maximum Gasteiger partial charge on any atom is 0.176 e. The number of hydrogen-bond donors (Lipinski definition) is 1. The van der Waals surface area contributed by atoms with Crippen molar-refractivity contribution in [3.8, 4) is 11.5 Å². The van der Waals surface area contributed by atoms with E-state index in [9.17, 15) is 0 Å². The second-order valence-corrected chi connectivity index (χ2v) is 6.78. The number of benzene rings is 1. The molecule has 0 unspecified atom stereocenters. The first kappa shape index (κ1) is 20.2. The number of aromatic nitrogens is 4. The minimum Gasteiger partial charge on any atom is -0.493 e. The van der Waals surface area contributed by atoms with Gasteiger partial charge in [0.2, 0.25) is 0 Å². The topological polar surface area (TPSA) is 77.3 Å². The van der Waals surface area contributed by atoms with E-state index in [2.05, 4.69) is 32.1 Å². The molecule has 2 aromatic heterocycles. The summed E-state index contributed by atoms with van der Waals surface area (Å²) in [6.45, 7) is 3.32. The molecular weight excluding hydrogens is 378 g/mol. The molecule has 0 saturated heterocycles. The maximum absolute atomic E-state index is 6.21. The molecule has 150 valence electrons. The predicted octanol–water partition coefficient (Wildman–Crippen LogP) is 3.48. The second kappa shape index (κ2) is 9.10. The molecule has 0 spiro atoms. The summed E-state index contributed by atoms with van der Waals surface area (Å²) in [4.78, 5) is 16.5. The van der Waals surface area contributed by atoms with Crippen molar-refractivity contribution in [3.05, 3.63) is 41.9 Å². The number of ether oxygens (including phenoxy) is 2. The van der Waals surface area contributed by atoms with Gasteiger partial charge >= 0.3 is 0 Å². The van der Waals surface area contributed by atoms with Crippen molar-refractivity contribution in [2.75, 3.05) is 13.7 Å². The van der Waals surface area contributed by atoms with Crippen LogP contribution < -0.4 is 15.0 Å². The van der Waals surface area contributed by atoms with Crippen molar-refractivity contribution >= 4 is 23.6 Å². The number of hydrogen-bond acceptors (Lipinski definition) is 5. The van der Waals surface area contributed by atoms with E-state index in [4.69, 9.17) is 9.47 Å². The number of rotatable bonds is 6. The van der Waals surface area contributed by atoms with Gasteiger partial charge in [0, 0.05) is 6.54 Å². The van der Waals surface area contributed by atoms with Gasteiger partial charge in [0.05, 0.1) is 32.4 Å². The first-order valence-electron chi connectivity index (χ1n) is 9.51. The van der Waals surface area contributed by atoms with E-state index >= 15 is 0 Å². The highest BCUT2D eigenvalue weighted by Gasteiger charge is 2.19. The lowest BCUT2D eigenvalue weighted by molar-refractivity contribution is 0.200. The highest BCUT2D eigenvalue weighted by molar-refractivity contribution is 5.85. The molecule has 1 aromatic carbocycles. The summed E-state index contributed by atoms with van der Waals surface area (Å²) in [7, 11) is 1.68. The molecule has 0 bridgehead atoms. The standard InChI is InChI=1S/C20H25N5O2.ClH/c1-3-21-19-18-20(23-12-22-18)25(13-24-19)11-14-8-9-16(26-2)17(10-14)27-15-6-4-5-7-15;/h8-10,12-13,15H,3-7,11H2,1-2H3,(H,22,23);1H. The molecular formula is C20H26ClN5O2. The highest BCUT2D eigenvalue weighted by atomic mass is 35.5. The molecule has 1 fully saturated rings. The number of nitrogens with one attached hydrogen (secondary N) is 1. The third-order valence-electron chi connectivity index (χ3n) is 4.92. The molecule has 28 heavy (non-hydrogen) atoms. The van der Waals surface area contributed by atoms with E-state index in [0.29, 0.717) is 18.6 Å². The molecule has 3 aromatic rings. The first-order chi connectivity index (χ1) is 13.3. The van der Waals surface area contributed by atoms with E-state index in [1.807, 2.05) is 17.6 Å². The van der Waals surface area contributed by atoms with Crippen molar-refractivity contribution < 1.29 is 9.47 Å². The Bertz CT molecular complexity index is 992. The summed E-state index contributed by atoms with van der Waals surface area (Å²) in [5.41, 5.74) is 3.50. The molecule has 7 nitrogen and oxygen atoms in total. The summed E-state index contributed by atoms with van der Waals surface area (Å²) in [5, 5.41) is 0. The summed E-state index contributed by atoms with van der Waals surface area (Å²) in [6, 6.07) is 6.08. The summed E-state index contributed by atoms with van der Waals surface area (Å²) in [6.07, 6.45) is 8.46. The first-order valence-corrected chi connectivity index (χ1v) is 9.51. The summed E-state index contributed by atoms with van der Waals surface area (Å²) < 4.78 is 13.7. The summed E-state index contributed by atoms with van der Waals surface area (Å²) >= 11 is 0. The zero-order chi connectivity index (χ0) is 18.6. The quantitative estimate of drug-likeness (QED) is 0.683. The number of nitrogens with zero attached hydrogens (tertiary/aromatic N) is 4. The van der Waals surface area contributed by atoms with Crippen molar-refractivity contribution in [3.63, 3.8) is 0 Å². The SMILES string of the molecule is CCN=c1ncn(Cc2ccc(OC)c(OC3CCCC3)c2)c2nc[nH]c12.Cl. The van der Waals surface area contributed by atoms with E-state index in [1.165, 1.54) is 12.8 Å². The molecule has 1 aliphatic carbocycles. The number of aromatic amines is 1. The monoisotopic (exact) mass is 403 g/mol. The zero-order valence-electron chi connectivity index (χ0n) is 16.2. The molecule has 2 heterocycles. The van der Waals surface area contributed by atoms with Crippen LogP contribution in [0, 0.1) is 0 Å². The Morgan fingerprint density at radius 3 is 2.79 bits per heavy atom. The van der Waals surface area contributed by atoms with E-state index in [0.717, 1.165) is 41.1 Å². The van der Waals surface area contributed by atoms with Gasteiger partial charge in [-0.2, -0.15) is 0 Å². The Hall–Kier alpha value is -2.54. The van der Waals surface area contributed by atoms with Gasteiger partial charge < -0.3 is 19.0 Å². The van der Waals surface area contributed by atoms with Gasteiger partial charge in [-0.25, -0.2) is 9.97 Å². The Labute approximate surface area is 170 Å². The van der Waals surface area contributed by atoms with Crippen molar-refractivity contribution in [1.82, 2.24) is 19.5 Å². The van der Waals surface area contributed by atoms with Gasteiger partial charge in [0.25, 0.3) is 0 Å². The maximum atomic E-state index is 6.21. The molecule has 0 amide bonds. The molecule has 0 radical (unpaired) electrons. The van der Waals surface area contributed by atoms with Crippen molar-refractivity contribution in [2.24, 2.45) is 4.99 Å². The second-order valence-electron chi connectivity index (χ2n) is 6.78. The fraction of sp³-hybridized carbons (Fsp3) is 0.450. The number of halogens is 1. The van der Waals surface area contributed by atoms with Crippen LogP contribution in [0.2, 0.25) is 0 Å². The molecule has 1 aliphatic rings. The van der Waals surface area contributed by atoms with Gasteiger partial charge in [0.1, 0.15) is 5.52 Å². The fourth-order valence-electron chi connectivity index (χ4n) is 3.59. The smallest absolute Gasteiger partial charge is 0.176 e. The lowest BCUT2D eigenvalue weighted by atomic mass is 10.2. The van der Waals surface area contributed by atoms with E-state index < -0.39 is 0 Å². The lowest BCUT2D eigenvalue weighted by Gasteiger charge is -2.17. The van der Waals surface area contributed by atoms with Crippen LogP contribution in [0.15, 0.2) is 35.8 Å². The number of fused-ring (bicyclic) bond motifs is 1. The van der Waals surface area contributed by atoms with E-state index in [-0.39, 0.29) is 18.5 Å². The Balaban J connectivity index is 0.00000225. The highest BCUT2D eigenvalue weighted by Crippen LogP contribution is 2.32. The molecule has 0 atom stereocenters. The zero-order valence-corrected chi connectivity index (χ0v) is 17.0. The molecule has 0 aliphatic heterocycles. The van der Waals surface area contributed by atoms with Gasteiger partial charge in [0.15, 0.2) is 22.6 Å². The van der Waals surface area contributed by atoms with Crippen molar-refractivity contribution in [1.29, 1.82) is 0 Å². The van der Waals surface area contributed by atoms with Crippen LogP contribution in [0.3, 0.4) is 0 Å². The van der Waals surface area contributed by atoms with E-state index in [1.54, 1.807) is 19.8 Å². The normalized spacial score (nSPS) is 15.0. The third-order valence-corrected chi connectivity index (χ3v) is 4.92. The van der Waals surface area contributed by atoms with Gasteiger partial charge in [-0.05, 0) is 50.3 Å². The molecule has 1 saturated carbocycles. The fourth-order valence-corrected chi connectivity index (χ4v) is 3.59. The minimum atomic E-state index is 0. The molecule has 4 rings (SSSR count). The Morgan fingerprint density at radius 2 is 2.04 bits per heavy atom. The van der Waals surface area contributed by atoms with Crippen LogP contribution in [-0.2, 0) is 6.54 Å². The van der Waals surface area contributed by atoms with Crippen LogP contribution in [0.5, 0.6) is 11.5 Å². The Morgan fingerprint density at radius 1 is 1.21 bits per heavy atom. The average Bonchev–Trinajstić information content (AvgIpc) is 3.36. The number of H-pyrrole nitrogens is 1. The number of methoxy groups -OCH3 is 1. The average molecular weight is 404 g/mol. The minimum absolute atomic E-state index is 0. The largest absolute Gasteiger partial charge is 0.493 e. The molecule has 8 heteroatoms. The summed E-state index contributed by atoms with van der Waals surface area (Å²) in [5.74, 6) is 1.59. The van der Waals surface area contributed by atoms with Gasteiger partial charge in [-0.15, -0.1) is 12.4 Å². The number of imidazole rings is 1.